The number of benzene rings is 1. The monoisotopic (exact) mass is 283 g/mol. The van der Waals surface area contributed by atoms with Gasteiger partial charge in [0.2, 0.25) is 0 Å². The van der Waals surface area contributed by atoms with Crippen molar-refractivity contribution < 1.29 is 9.32 Å². The van der Waals surface area contributed by atoms with Gasteiger partial charge in [0, 0.05) is 30.1 Å². The Hall–Kier alpha value is -2.89. The quantitative estimate of drug-likeness (QED) is 0.781. The second-order valence-electron chi connectivity index (χ2n) is 4.78. The Morgan fingerprint density at radius 1 is 1.29 bits per heavy atom. The van der Waals surface area contributed by atoms with E-state index in [4.69, 9.17) is 4.52 Å². The molecule has 0 aliphatic heterocycles. The fraction of sp³-hybridized carbons (Fsp3) is 0.133. The Morgan fingerprint density at radius 2 is 2.00 bits per heavy atom. The highest BCUT2D eigenvalue weighted by Crippen LogP contribution is 2.17. The Bertz CT molecular complexity index is 893. The summed E-state index contributed by atoms with van der Waals surface area (Å²) in [7, 11) is 1.62. The summed E-state index contributed by atoms with van der Waals surface area (Å²) >= 11 is 0. The summed E-state index contributed by atoms with van der Waals surface area (Å²) in [5.74, 6) is 0.612. The van der Waals surface area contributed by atoms with Crippen LogP contribution >= 0.6 is 0 Å². The second kappa shape index (κ2) is 4.90. The van der Waals surface area contributed by atoms with Crippen LogP contribution in [0.4, 0.5) is 5.82 Å². The number of anilines is 1. The van der Waals surface area contributed by atoms with Crippen molar-refractivity contribution >= 4 is 22.5 Å². The van der Waals surface area contributed by atoms with E-state index in [0.717, 1.165) is 0 Å². The van der Waals surface area contributed by atoms with Gasteiger partial charge in [0.15, 0.2) is 5.82 Å². The molecule has 106 valence electrons. The highest BCUT2D eigenvalue weighted by atomic mass is 16.5. The van der Waals surface area contributed by atoms with Gasteiger partial charge in [-0.3, -0.25) is 9.59 Å². The summed E-state index contributed by atoms with van der Waals surface area (Å²) in [6.07, 6.45) is 1.52. The molecule has 6 nitrogen and oxygen atoms in total. The number of aromatic nitrogens is 2. The van der Waals surface area contributed by atoms with Crippen molar-refractivity contribution in [3.8, 4) is 0 Å². The number of pyridine rings is 1. The lowest BCUT2D eigenvalue weighted by Crippen LogP contribution is -2.21. The van der Waals surface area contributed by atoms with Crippen LogP contribution in [-0.2, 0) is 7.05 Å². The summed E-state index contributed by atoms with van der Waals surface area (Å²) in [6, 6.07) is 8.64. The maximum Gasteiger partial charge on any atom is 0.259 e. The third-order valence-corrected chi connectivity index (χ3v) is 3.20. The SMILES string of the molecule is Cc1cc(NC(=O)c2cn(C)c(=O)c3ccccc23)no1. The fourth-order valence-corrected chi connectivity index (χ4v) is 2.21. The lowest BCUT2D eigenvalue weighted by molar-refractivity contribution is 0.102. The van der Waals surface area contributed by atoms with Crippen LogP contribution < -0.4 is 10.9 Å². The van der Waals surface area contributed by atoms with Crippen molar-refractivity contribution in [2.75, 3.05) is 5.32 Å². The minimum atomic E-state index is -0.338. The number of nitrogens with one attached hydrogen (secondary N) is 1. The molecule has 21 heavy (non-hydrogen) atoms. The van der Waals surface area contributed by atoms with Crippen molar-refractivity contribution in [2.24, 2.45) is 7.05 Å². The van der Waals surface area contributed by atoms with Crippen LogP contribution in [0.25, 0.3) is 10.8 Å². The first kappa shape index (κ1) is 13.1. The summed E-state index contributed by atoms with van der Waals surface area (Å²) in [6.45, 7) is 1.74. The van der Waals surface area contributed by atoms with Gasteiger partial charge in [0.1, 0.15) is 5.76 Å². The average molecular weight is 283 g/mol. The van der Waals surface area contributed by atoms with E-state index in [0.29, 0.717) is 27.9 Å². The lowest BCUT2D eigenvalue weighted by atomic mass is 10.1. The number of amides is 1. The molecule has 3 rings (SSSR count). The predicted octanol–water partition coefficient (Wildman–Crippen LogP) is 2.09. The molecule has 0 radical (unpaired) electrons. The maximum absolute atomic E-state index is 12.4. The first-order valence-electron chi connectivity index (χ1n) is 6.39. The largest absolute Gasteiger partial charge is 0.360 e. The van der Waals surface area contributed by atoms with Crippen LogP contribution in [0.1, 0.15) is 16.1 Å². The molecule has 0 fully saturated rings. The van der Waals surface area contributed by atoms with Crippen LogP contribution in [0.3, 0.4) is 0 Å². The Labute approximate surface area is 120 Å². The van der Waals surface area contributed by atoms with E-state index in [-0.39, 0.29) is 11.5 Å². The molecule has 0 aliphatic rings. The first-order chi connectivity index (χ1) is 10.1. The minimum absolute atomic E-state index is 0.139. The summed E-state index contributed by atoms with van der Waals surface area (Å²) in [4.78, 5) is 24.5. The highest BCUT2D eigenvalue weighted by Gasteiger charge is 2.14. The van der Waals surface area contributed by atoms with Gasteiger partial charge in [-0.25, -0.2) is 0 Å². The Kier molecular flexibility index (Phi) is 3.06. The molecule has 0 spiro atoms. The normalized spacial score (nSPS) is 10.8. The van der Waals surface area contributed by atoms with E-state index in [2.05, 4.69) is 10.5 Å². The van der Waals surface area contributed by atoms with Gasteiger partial charge in [0.05, 0.1) is 5.56 Å². The van der Waals surface area contributed by atoms with Gasteiger partial charge in [-0.15, -0.1) is 0 Å². The van der Waals surface area contributed by atoms with Crippen molar-refractivity contribution in [1.82, 2.24) is 9.72 Å². The fourth-order valence-electron chi connectivity index (χ4n) is 2.21. The number of carbonyl (C=O) groups is 1. The van der Waals surface area contributed by atoms with E-state index in [9.17, 15) is 9.59 Å². The number of nitrogens with zero attached hydrogens (tertiary/aromatic N) is 2. The van der Waals surface area contributed by atoms with E-state index in [1.165, 1.54) is 10.8 Å². The molecule has 0 saturated heterocycles. The number of rotatable bonds is 2. The minimum Gasteiger partial charge on any atom is -0.360 e. The number of hydrogen-bond acceptors (Lipinski definition) is 4. The third kappa shape index (κ3) is 2.31. The van der Waals surface area contributed by atoms with Crippen LogP contribution in [0.15, 0.2) is 45.8 Å². The smallest absolute Gasteiger partial charge is 0.259 e. The number of hydrogen-bond donors (Lipinski definition) is 1. The number of aryl methyl sites for hydroxylation is 2. The van der Waals surface area contributed by atoms with Crippen LogP contribution in [0, 0.1) is 6.92 Å². The molecular weight excluding hydrogens is 270 g/mol. The summed E-state index contributed by atoms with van der Waals surface area (Å²) in [5, 5.41) is 7.50. The zero-order valence-corrected chi connectivity index (χ0v) is 11.6. The van der Waals surface area contributed by atoms with E-state index in [1.807, 2.05) is 0 Å². The molecule has 1 N–H and O–H groups in total. The van der Waals surface area contributed by atoms with Crippen LogP contribution in [-0.4, -0.2) is 15.6 Å². The summed E-state index contributed by atoms with van der Waals surface area (Å²) in [5.41, 5.74) is 0.271. The van der Waals surface area contributed by atoms with Crippen molar-refractivity contribution in [2.45, 2.75) is 6.92 Å². The standard InChI is InChI=1S/C15H13N3O3/c1-9-7-13(17-21-9)16-14(19)12-8-18(2)15(20)11-6-4-3-5-10(11)12/h3-8H,1-2H3,(H,16,17,19). The van der Waals surface area contributed by atoms with E-state index < -0.39 is 0 Å². The van der Waals surface area contributed by atoms with Crippen molar-refractivity contribution in [1.29, 1.82) is 0 Å². The van der Waals surface area contributed by atoms with Gasteiger partial charge in [0.25, 0.3) is 11.5 Å². The van der Waals surface area contributed by atoms with Gasteiger partial charge in [-0.2, -0.15) is 0 Å². The molecule has 2 heterocycles. The second-order valence-corrected chi connectivity index (χ2v) is 4.78. The molecule has 0 bridgehead atoms. The molecule has 1 amide bonds. The van der Waals surface area contributed by atoms with Crippen LogP contribution in [0.5, 0.6) is 0 Å². The first-order valence-corrected chi connectivity index (χ1v) is 6.39. The van der Waals surface area contributed by atoms with Crippen LogP contribution in [0.2, 0.25) is 0 Å². The summed E-state index contributed by atoms with van der Waals surface area (Å²) < 4.78 is 6.31. The molecule has 3 aromatic rings. The molecule has 0 unspecified atom stereocenters. The lowest BCUT2D eigenvalue weighted by Gasteiger charge is -2.08. The predicted molar refractivity (Wildman–Crippen MR) is 78.4 cm³/mol. The molecular formula is C15H13N3O3. The van der Waals surface area contributed by atoms with Gasteiger partial charge in [-0.1, -0.05) is 23.4 Å². The Morgan fingerprint density at radius 3 is 2.67 bits per heavy atom. The van der Waals surface area contributed by atoms with Gasteiger partial charge < -0.3 is 14.4 Å². The molecule has 0 aliphatic carbocycles. The molecule has 0 atom stereocenters. The Balaban J connectivity index is 2.09. The third-order valence-electron chi connectivity index (χ3n) is 3.20. The maximum atomic E-state index is 12.4. The van der Waals surface area contributed by atoms with Gasteiger partial charge >= 0.3 is 0 Å². The zero-order valence-electron chi connectivity index (χ0n) is 11.6. The molecule has 6 heteroatoms. The molecule has 2 aromatic heterocycles. The average Bonchev–Trinajstić information content (AvgIpc) is 2.88. The van der Waals surface area contributed by atoms with Crippen molar-refractivity contribution in [3.05, 3.63) is 58.2 Å². The topological polar surface area (TPSA) is 77.1 Å². The highest BCUT2D eigenvalue weighted by molar-refractivity contribution is 6.12. The van der Waals surface area contributed by atoms with Crippen molar-refractivity contribution in [3.63, 3.8) is 0 Å². The number of carbonyl (C=O) groups excluding carboxylic acids is 1. The van der Waals surface area contributed by atoms with E-state index >= 15 is 0 Å². The number of fused-ring (bicyclic) bond motifs is 1. The zero-order chi connectivity index (χ0) is 15.0. The van der Waals surface area contributed by atoms with E-state index in [1.54, 1.807) is 44.3 Å². The molecule has 1 aromatic carbocycles. The molecule has 0 saturated carbocycles. The van der Waals surface area contributed by atoms with Gasteiger partial charge in [-0.05, 0) is 13.0 Å².